The second kappa shape index (κ2) is 10.1. The second-order valence-corrected chi connectivity index (χ2v) is 5.37. The molecule has 0 radical (unpaired) electrons. The number of amides is 1. The molecule has 25 heavy (non-hydrogen) atoms. The van der Waals surface area contributed by atoms with Gasteiger partial charge in [0.2, 0.25) is 0 Å². The van der Waals surface area contributed by atoms with Crippen LogP contribution in [-0.2, 0) is 11.8 Å². The molecule has 132 valence electrons. The molecule has 4 nitrogen and oxygen atoms in total. The van der Waals surface area contributed by atoms with Crippen molar-refractivity contribution in [2.75, 3.05) is 7.05 Å². The maximum atomic E-state index is 12.6. The summed E-state index contributed by atoms with van der Waals surface area (Å²) in [5.74, 6) is 5.95. The summed E-state index contributed by atoms with van der Waals surface area (Å²) in [5.41, 5.74) is 2.94. The van der Waals surface area contributed by atoms with E-state index in [4.69, 9.17) is 0 Å². The first kappa shape index (κ1) is 20.2. The normalized spacial score (nSPS) is 13.4. The second-order valence-electron chi connectivity index (χ2n) is 5.37. The van der Waals surface area contributed by atoms with Gasteiger partial charge in [-0.1, -0.05) is 50.5 Å². The summed E-state index contributed by atoms with van der Waals surface area (Å²) in [6, 6.07) is 0. The van der Waals surface area contributed by atoms with Crippen LogP contribution in [0.5, 0.6) is 0 Å². The van der Waals surface area contributed by atoms with Crippen molar-refractivity contribution >= 4 is 5.91 Å². The average molecular weight is 337 g/mol. The van der Waals surface area contributed by atoms with Crippen LogP contribution in [0.1, 0.15) is 39.2 Å². The van der Waals surface area contributed by atoms with Gasteiger partial charge in [-0.2, -0.15) is 5.10 Å². The highest BCUT2D eigenvalue weighted by Crippen LogP contribution is 2.17. The van der Waals surface area contributed by atoms with Crippen molar-refractivity contribution < 1.29 is 4.79 Å². The molecule has 0 aliphatic heterocycles. The fourth-order valence-electron chi connectivity index (χ4n) is 2.26. The molecule has 0 aromatic carbocycles. The Labute approximate surface area is 151 Å². The van der Waals surface area contributed by atoms with Crippen molar-refractivity contribution in [1.29, 1.82) is 0 Å². The lowest BCUT2D eigenvalue weighted by Gasteiger charge is -2.21. The van der Waals surface area contributed by atoms with E-state index in [1.54, 1.807) is 35.8 Å². The van der Waals surface area contributed by atoms with E-state index < -0.39 is 0 Å². The number of aryl methyl sites for hydroxylation is 1. The standard InChI is InChI=1S/C19H21N3O.C2H6/c1-5-17(12-11-16-13-20-21(3)14-16)15(2)19(23)22(4)18-9-7-6-8-10-18;1-2/h5,7,9-10,13-14H,1,6,8H2,2-4H3;1-2H3/b17-15-;. The fraction of sp³-hybridized carbons (Fsp3) is 0.333. The lowest BCUT2D eigenvalue weighted by Crippen LogP contribution is -2.27. The molecule has 2 rings (SSSR count). The van der Waals surface area contributed by atoms with E-state index in [-0.39, 0.29) is 5.91 Å². The minimum atomic E-state index is -0.0711. The van der Waals surface area contributed by atoms with Crippen LogP contribution in [0.3, 0.4) is 0 Å². The molecule has 0 fully saturated rings. The van der Waals surface area contributed by atoms with E-state index >= 15 is 0 Å². The van der Waals surface area contributed by atoms with Crippen LogP contribution in [0.25, 0.3) is 0 Å². The molecule has 1 aromatic rings. The molecule has 1 aliphatic carbocycles. The Hall–Kier alpha value is -2.80. The number of hydrogen-bond donors (Lipinski definition) is 0. The lowest BCUT2D eigenvalue weighted by atomic mass is 10.1. The van der Waals surface area contributed by atoms with Crippen LogP contribution in [0.2, 0.25) is 0 Å². The first-order valence-electron chi connectivity index (χ1n) is 8.51. The zero-order valence-corrected chi connectivity index (χ0v) is 15.8. The zero-order valence-electron chi connectivity index (χ0n) is 15.8. The lowest BCUT2D eigenvalue weighted by molar-refractivity contribution is -0.124. The molecule has 0 unspecified atom stereocenters. The van der Waals surface area contributed by atoms with Crippen LogP contribution in [0.4, 0.5) is 0 Å². The highest BCUT2D eigenvalue weighted by Gasteiger charge is 2.16. The van der Waals surface area contributed by atoms with Gasteiger partial charge in [0.05, 0.1) is 11.8 Å². The Morgan fingerprint density at radius 2 is 2.12 bits per heavy atom. The summed E-state index contributed by atoms with van der Waals surface area (Å²) in [5, 5.41) is 4.07. The molecule has 0 spiro atoms. The Bertz CT molecular complexity index is 767. The van der Waals surface area contributed by atoms with Gasteiger partial charge in [-0.15, -0.1) is 0 Å². The summed E-state index contributed by atoms with van der Waals surface area (Å²) in [7, 11) is 3.62. The van der Waals surface area contributed by atoms with Gasteiger partial charge in [0.1, 0.15) is 0 Å². The number of carbonyl (C=O) groups excluding carboxylic acids is 1. The molecule has 0 N–H and O–H groups in total. The number of aromatic nitrogens is 2. The van der Waals surface area contributed by atoms with E-state index in [9.17, 15) is 4.79 Å². The van der Waals surface area contributed by atoms with E-state index in [1.807, 2.05) is 33.2 Å². The highest BCUT2D eigenvalue weighted by molar-refractivity contribution is 5.96. The van der Waals surface area contributed by atoms with E-state index in [0.717, 1.165) is 24.1 Å². The molecule has 1 aliphatic rings. The molecule has 0 atom stereocenters. The van der Waals surface area contributed by atoms with Crippen molar-refractivity contribution in [3.05, 3.63) is 65.7 Å². The van der Waals surface area contributed by atoms with Crippen molar-refractivity contribution in [3.8, 4) is 11.8 Å². The first-order valence-corrected chi connectivity index (χ1v) is 8.51. The number of allylic oxidation sites excluding steroid dienone is 5. The molecular formula is C21H27N3O. The minimum Gasteiger partial charge on any atom is -0.312 e. The molecule has 0 bridgehead atoms. The van der Waals surface area contributed by atoms with Gasteiger partial charge < -0.3 is 4.90 Å². The minimum absolute atomic E-state index is 0.0711. The van der Waals surface area contributed by atoms with Gasteiger partial charge in [0, 0.05) is 37.1 Å². The Balaban J connectivity index is 0.00000151. The van der Waals surface area contributed by atoms with E-state index in [2.05, 4.69) is 35.7 Å². The monoisotopic (exact) mass is 337 g/mol. The quantitative estimate of drug-likeness (QED) is 0.475. The third-order valence-corrected chi connectivity index (χ3v) is 3.64. The molecule has 1 amide bonds. The van der Waals surface area contributed by atoms with Crippen LogP contribution in [0.15, 0.2) is 60.1 Å². The summed E-state index contributed by atoms with van der Waals surface area (Å²) in [4.78, 5) is 14.3. The molecule has 0 saturated carbocycles. The molecule has 1 heterocycles. The van der Waals surface area contributed by atoms with Crippen molar-refractivity contribution in [3.63, 3.8) is 0 Å². The van der Waals surface area contributed by atoms with Gasteiger partial charge in [-0.25, -0.2) is 0 Å². The maximum Gasteiger partial charge on any atom is 0.254 e. The Morgan fingerprint density at radius 3 is 2.64 bits per heavy atom. The number of carbonyl (C=O) groups is 1. The molecule has 1 aromatic heterocycles. The maximum absolute atomic E-state index is 12.6. The number of hydrogen-bond acceptors (Lipinski definition) is 2. The smallest absolute Gasteiger partial charge is 0.254 e. The van der Waals surface area contributed by atoms with Crippen LogP contribution >= 0.6 is 0 Å². The van der Waals surface area contributed by atoms with Crippen molar-refractivity contribution in [2.45, 2.75) is 33.6 Å². The van der Waals surface area contributed by atoms with Gasteiger partial charge in [-0.3, -0.25) is 9.48 Å². The third-order valence-electron chi connectivity index (χ3n) is 3.64. The topological polar surface area (TPSA) is 38.1 Å². The van der Waals surface area contributed by atoms with E-state index in [1.165, 1.54) is 0 Å². The van der Waals surface area contributed by atoms with Crippen molar-refractivity contribution in [1.82, 2.24) is 14.7 Å². The first-order chi connectivity index (χ1) is 12.0. The molecular weight excluding hydrogens is 310 g/mol. The Kier molecular flexibility index (Phi) is 8.22. The zero-order chi connectivity index (χ0) is 18.8. The average Bonchev–Trinajstić information content (AvgIpc) is 3.08. The summed E-state index contributed by atoms with van der Waals surface area (Å²) in [6.45, 7) is 9.55. The summed E-state index contributed by atoms with van der Waals surface area (Å²) < 4.78 is 1.69. The van der Waals surface area contributed by atoms with Gasteiger partial charge in [-0.05, 0) is 25.8 Å². The molecule has 4 heteroatoms. The van der Waals surface area contributed by atoms with Gasteiger partial charge >= 0.3 is 0 Å². The van der Waals surface area contributed by atoms with Crippen molar-refractivity contribution in [2.24, 2.45) is 7.05 Å². The highest BCUT2D eigenvalue weighted by atomic mass is 16.2. The molecule has 0 saturated heterocycles. The van der Waals surface area contributed by atoms with Crippen LogP contribution < -0.4 is 0 Å². The predicted molar refractivity (Wildman–Crippen MR) is 104 cm³/mol. The largest absolute Gasteiger partial charge is 0.312 e. The van der Waals surface area contributed by atoms with Crippen LogP contribution in [0, 0.1) is 11.8 Å². The fourth-order valence-corrected chi connectivity index (χ4v) is 2.26. The predicted octanol–water partition coefficient (Wildman–Crippen LogP) is 3.99. The van der Waals surface area contributed by atoms with Crippen LogP contribution in [-0.4, -0.2) is 27.6 Å². The number of nitrogens with zero attached hydrogens (tertiary/aromatic N) is 3. The number of likely N-dealkylation sites (N-methyl/N-ethyl adjacent to an activating group) is 1. The summed E-state index contributed by atoms with van der Waals surface area (Å²) >= 11 is 0. The third kappa shape index (κ3) is 5.65. The summed E-state index contributed by atoms with van der Waals surface area (Å²) in [6.07, 6.45) is 13.2. The Morgan fingerprint density at radius 1 is 1.40 bits per heavy atom. The van der Waals surface area contributed by atoms with Gasteiger partial charge in [0.25, 0.3) is 5.91 Å². The van der Waals surface area contributed by atoms with E-state index in [0.29, 0.717) is 11.1 Å². The SMILES string of the molecule is C=C/C(C#Cc1cnn(C)c1)=C(\C)C(=O)N(C)C1=CCCC=C1.CC. The van der Waals surface area contributed by atoms with Gasteiger partial charge in [0.15, 0.2) is 0 Å². The number of rotatable bonds is 3.